The molecule has 0 aliphatic rings. The minimum atomic E-state index is -4.56. The molecule has 6 nitrogen and oxygen atoms in total. The number of nitrogens with zero attached hydrogens (tertiary/aromatic N) is 2. The fraction of sp³-hybridized carbons (Fsp3) is 0.318. The topological polar surface area (TPSA) is 73.2 Å². The van der Waals surface area contributed by atoms with Gasteiger partial charge in [-0.15, -0.1) is 0 Å². The molecule has 0 spiro atoms. The predicted molar refractivity (Wildman–Crippen MR) is 122 cm³/mol. The summed E-state index contributed by atoms with van der Waals surface area (Å²) < 4.78 is 45.9. The number of aromatic nitrogens is 2. The Morgan fingerprint density at radius 1 is 1.21 bits per heavy atom. The standard InChI is InChI=1S/C22H21ClF3N3O3S/c1-4-29-18-9-6-13(20(31)32-5-2)10-17(18)28-21(29)33-12(3)19(30)27-16-11-14(22(24,25)26)7-8-15(16)23/h6-12H,4-5H2,1-3H3,(H,27,30)/t12-/m1/s1. The minimum Gasteiger partial charge on any atom is -0.462 e. The number of amides is 1. The Hall–Kier alpha value is -2.72. The fourth-order valence-electron chi connectivity index (χ4n) is 3.09. The molecule has 0 saturated carbocycles. The second-order valence-corrected chi connectivity index (χ2v) is 8.72. The van der Waals surface area contributed by atoms with Crippen LogP contribution >= 0.6 is 23.4 Å². The highest BCUT2D eigenvalue weighted by atomic mass is 35.5. The molecule has 1 atom stereocenters. The van der Waals surface area contributed by atoms with Crippen LogP contribution in [0.15, 0.2) is 41.6 Å². The van der Waals surface area contributed by atoms with Crippen molar-refractivity contribution in [2.75, 3.05) is 11.9 Å². The SMILES string of the molecule is CCOC(=O)c1ccc2c(c1)nc(S[C@H](C)C(=O)Nc1cc(C(F)(F)F)ccc1Cl)n2CC. The smallest absolute Gasteiger partial charge is 0.416 e. The number of hydrogen-bond donors (Lipinski definition) is 1. The lowest BCUT2D eigenvalue weighted by Crippen LogP contribution is -2.23. The van der Waals surface area contributed by atoms with Crippen molar-refractivity contribution < 1.29 is 27.5 Å². The van der Waals surface area contributed by atoms with Gasteiger partial charge in [-0.1, -0.05) is 23.4 Å². The molecule has 11 heteroatoms. The Morgan fingerprint density at radius 3 is 2.58 bits per heavy atom. The number of esters is 1. The van der Waals surface area contributed by atoms with Gasteiger partial charge in [-0.2, -0.15) is 13.2 Å². The van der Waals surface area contributed by atoms with Crippen molar-refractivity contribution in [3.05, 3.63) is 52.5 Å². The molecule has 1 heterocycles. The van der Waals surface area contributed by atoms with Gasteiger partial charge in [0.25, 0.3) is 0 Å². The maximum atomic E-state index is 13.0. The summed E-state index contributed by atoms with van der Waals surface area (Å²) in [7, 11) is 0. The van der Waals surface area contributed by atoms with E-state index in [0.29, 0.717) is 22.8 Å². The van der Waals surface area contributed by atoms with Crippen molar-refractivity contribution in [3.8, 4) is 0 Å². The number of rotatable bonds is 7. The van der Waals surface area contributed by atoms with Gasteiger partial charge in [0.15, 0.2) is 5.16 Å². The molecule has 0 aliphatic carbocycles. The molecule has 0 aliphatic heterocycles. The maximum absolute atomic E-state index is 13.0. The van der Waals surface area contributed by atoms with Crippen LogP contribution < -0.4 is 5.32 Å². The van der Waals surface area contributed by atoms with Crippen LogP contribution in [0.2, 0.25) is 5.02 Å². The zero-order valence-electron chi connectivity index (χ0n) is 18.0. The Bertz CT molecular complexity index is 1200. The van der Waals surface area contributed by atoms with E-state index < -0.39 is 28.9 Å². The van der Waals surface area contributed by atoms with Crippen molar-refractivity contribution in [1.82, 2.24) is 9.55 Å². The highest BCUT2D eigenvalue weighted by Crippen LogP contribution is 2.34. The molecule has 0 saturated heterocycles. The number of thioether (sulfide) groups is 1. The Labute approximate surface area is 197 Å². The average molecular weight is 500 g/mol. The lowest BCUT2D eigenvalue weighted by Gasteiger charge is -2.15. The highest BCUT2D eigenvalue weighted by Gasteiger charge is 2.31. The third-order valence-electron chi connectivity index (χ3n) is 4.74. The average Bonchev–Trinajstić information content (AvgIpc) is 3.10. The Balaban J connectivity index is 1.82. The van der Waals surface area contributed by atoms with Crippen LogP contribution in [0.1, 0.15) is 36.7 Å². The Kier molecular flexibility index (Phi) is 7.58. The summed E-state index contributed by atoms with van der Waals surface area (Å²) in [5.74, 6) is -0.978. The van der Waals surface area contributed by atoms with Crippen molar-refractivity contribution in [2.24, 2.45) is 0 Å². The lowest BCUT2D eigenvalue weighted by atomic mass is 10.2. The number of ether oxygens (including phenoxy) is 1. The molecule has 0 bridgehead atoms. The van der Waals surface area contributed by atoms with E-state index in [1.54, 1.807) is 32.0 Å². The summed E-state index contributed by atoms with van der Waals surface area (Å²) in [4.78, 5) is 29.2. The summed E-state index contributed by atoms with van der Waals surface area (Å²) in [6, 6.07) is 7.77. The summed E-state index contributed by atoms with van der Waals surface area (Å²) in [5.41, 5.74) is 0.686. The van der Waals surface area contributed by atoms with Crippen molar-refractivity contribution in [2.45, 2.75) is 43.9 Å². The van der Waals surface area contributed by atoms with E-state index in [4.69, 9.17) is 16.3 Å². The largest absolute Gasteiger partial charge is 0.462 e. The summed E-state index contributed by atoms with van der Waals surface area (Å²) >= 11 is 7.12. The van der Waals surface area contributed by atoms with E-state index in [1.807, 2.05) is 11.5 Å². The first-order valence-corrected chi connectivity index (χ1v) is 11.3. The van der Waals surface area contributed by atoms with Gasteiger partial charge >= 0.3 is 12.1 Å². The van der Waals surface area contributed by atoms with Crippen LogP contribution in [0, 0.1) is 0 Å². The molecule has 0 radical (unpaired) electrons. The van der Waals surface area contributed by atoms with Gasteiger partial charge in [0.1, 0.15) is 0 Å². The number of carbonyl (C=O) groups excluding carboxylic acids is 2. The zero-order valence-corrected chi connectivity index (χ0v) is 19.6. The van der Waals surface area contributed by atoms with Crippen LogP contribution in [0.4, 0.5) is 18.9 Å². The second-order valence-electron chi connectivity index (χ2n) is 7.00. The highest BCUT2D eigenvalue weighted by molar-refractivity contribution is 8.00. The fourth-order valence-corrected chi connectivity index (χ4v) is 4.24. The lowest BCUT2D eigenvalue weighted by molar-refractivity contribution is -0.137. The maximum Gasteiger partial charge on any atom is 0.416 e. The van der Waals surface area contributed by atoms with Crippen molar-refractivity contribution >= 4 is 52.0 Å². The third kappa shape index (κ3) is 5.62. The van der Waals surface area contributed by atoms with E-state index in [2.05, 4.69) is 10.3 Å². The van der Waals surface area contributed by atoms with E-state index in [9.17, 15) is 22.8 Å². The number of alkyl halides is 3. The number of nitrogens with one attached hydrogen (secondary N) is 1. The molecule has 1 N–H and O–H groups in total. The monoisotopic (exact) mass is 499 g/mol. The van der Waals surface area contributed by atoms with E-state index in [0.717, 1.165) is 35.5 Å². The molecular weight excluding hydrogens is 479 g/mol. The van der Waals surface area contributed by atoms with E-state index in [1.165, 1.54) is 0 Å². The molecule has 0 unspecified atom stereocenters. The first-order chi connectivity index (χ1) is 15.5. The molecule has 1 aromatic heterocycles. The summed E-state index contributed by atoms with van der Waals surface area (Å²) in [6.45, 7) is 6.06. The van der Waals surface area contributed by atoms with Gasteiger partial charge in [-0.25, -0.2) is 9.78 Å². The first-order valence-electron chi connectivity index (χ1n) is 10.1. The molecular formula is C22H21ClF3N3O3S. The molecule has 176 valence electrons. The minimum absolute atomic E-state index is 0.000779. The number of aryl methyl sites for hydroxylation is 1. The van der Waals surface area contributed by atoms with Crippen LogP contribution in [-0.2, 0) is 22.3 Å². The van der Waals surface area contributed by atoms with Crippen LogP contribution in [0.5, 0.6) is 0 Å². The quantitative estimate of drug-likeness (QED) is 0.317. The van der Waals surface area contributed by atoms with Gasteiger partial charge < -0.3 is 14.6 Å². The number of anilines is 1. The van der Waals surface area contributed by atoms with E-state index >= 15 is 0 Å². The third-order valence-corrected chi connectivity index (χ3v) is 6.16. The number of hydrogen-bond acceptors (Lipinski definition) is 5. The molecule has 2 aromatic carbocycles. The van der Waals surface area contributed by atoms with E-state index in [-0.39, 0.29) is 17.3 Å². The number of benzene rings is 2. The zero-order chi connectivity index (χ0) is 24.3. The van der Waals surface area contributed by atoms with Crippen LogP contribution in [0.25, 0.3) is 11.0 Å². The summed E-state index contributed by atoms with van der Waals surface area (Å²) in [5, 5.41) is 2.30. The molecule has 3 aromatic rings. The van der Waals surface area contributed by atoms with Crippen LogP contribution in [-0.4, -0.2) is 33.3 Å². The normalized spacial score (nSPS) is 12.6. The predicted octanol–water partition coefficient (Wildman–Crippen LogP) is 6.02. The van der Waals surface area contributed by atoms with Crippen LogP contribution in [0.3, 0.4) is 0 Å². The number of fused-ring (bicyclic) bond motifs is 1. The van der Waals surface area contributed by atoms with Gasteiger partial charge in [0.2, 0.25) is 5.91 Å². The van der Waals surface area contributed by atoms with Gasteiger partial charge in [-0.05, 0) is 57.2 Å². The van der Waals surface area contributed by atoms with Crippen molar-refractivity contribution in [3.63, 3.8) is 0 Å². The number of carbonyl (C=O) groups is 2. The molecule has 3 rings (SSSR count). The molecule has 33 heavy (non-hydrogen) atoms. The molecule has 0 fully saturated rings. The number of halogens is 4. The first kappa shape index (κ1) is 24.9. The van der Waals surface area contributed by atoms with Gasteiger partial charge in [-0.3, -0.25) is 4.79 Å². The van der Waals surface area contributed by atoms with Crippen molar-refractivity contribution in [1.29, 1.82) is 0 Å². The second kappa shape index (κ2) is 10.0. The Morgan fingerprint density at radius 2 is 1.94 bits per heavy atom. The van der Waals surface area contributed by atoms with Gasteiger partial charge in [0.05, 0.1) is 44.7 Å². The number of imidazole rings is 1. The molecule has 1 amide bonds. The van der Waals surface area contributed by atoms with Gasteiger partial charge in [0, 0.05) is 6.54 Å². The summed E-state index contributed by atoms with van der Waals surface area (Å²) in [6.07, 6.45) is -4.56.